The van der Waals surface area contributed by atoms with Crippen molar-refractivity contribution in [2.24, 2.45) is 0 Å². The summed E-state index contributed by atoms with van der Waals surface area (Å²) in [6.07, 6.45) is -10.5. The maximum absolute atomic E-state index is 14.5. The smallest absolute Gasteiger partial charge is 0.430 e. The second-order valence-corrected chi connectivity index (χ2v) is 16.3. The molecule has 1 amide bonds. The third-order valence-electron chi connectivity index (χ3n) is 9.34. The summed E-state index contributed by atoms with van der Waals surface area (Å²) in [5, 5.41) is 12.8. The van der Waals surface area contributed by atoms with Gasteiger partial charge in [-0.05, 0) is 85.7 Å². The molecule has 1 fully saturated rings. The van der Waals surface area contributed by atoms with E-state index in [1.807, 2.05) is 30.3 Å². The van der Waals surface area contributed by atoms with E-state index in [0.29, 0.717) is 28.8 Å². The number of sulfone groups is 1. The van der Waals surface area contributed by atoms with E-state index in [2.05, 4.69) is 5.32 Å². The first-order valence-electron chi connectivity index (χ1n) is 16.1. The average molecular weight is 741 g/mol. The fraction of sp³-hybridized carbons (Fsp3) is 0.417. The van der Waals surface area contributed by atoms with E-state index >= 15 is 0 Å². The number of carbonyl (C=O) groups excluding carboxylic acids is 1. The van der Waals surface area contributed by atoms with Crippen molar-refractivity contribution in [3.63, 3.8) is 0 Å². The Morgan fingerprint density at radius 1 is 0.941 bits per heavy atom. The number of ether oxygens (including phenoxy) is 1. The number of rotatable bonds is 8. The molecule has 3 aromatic rings. The molecule has 1 saturated carbocycles. The molecule has 15 heteroatoms. The lowest BCUT2D eigenvalue weighted by atomic mass is 9.84. The fourth-order valence-electron chi connectivity index (χ4n) is 6.68. The third-order valence-corrected chi connectivity index (χ3v) is 11.2. The van der Waals surface area contributed by atoms with Gasteiger partial charge in [-0.1, -0.05) is 48.5 Å². The van der Waals surface area contributed by atoms with E-state index in [4.69, 9.17) is 4.74 Å². The van der Waals surface area contributed by atoms with Crippen LogP contribution in [0.15, 0.2) is 77.2 Å². The summed E-state index contributed by atoms with van der Waals surface area (Å²) >= 11 is 0. The van der Waals surface area contributed by atoms with Gasteiger partial charge < -0.3 is 15.2 Å². The molecule has 2 aliphatic carbocycles. The Morgan fingerprint density at radius 3 is 2.16 bits per heavy atom. The Morgan fingerprint density at radius 2 is 1.57 bits per heavy atom. The van der Waals surface area contributed by atoms with Gasteiger partial charge in [-0.2, -0.15) is 26.3 Å². The topological polar surface area (TPSA) is 95.9 Å². The van der Waals surface area contributed by atoms with Crippen molar-refractivity contribution in [2.45, 2.75) is 86.2 Å². The molecule has 2 N–H and O–H groups in total. The van der Waals surface area contributed by atoms with E-state index in [1.165, 1.54) is 17.0 Å². The molecule has 1 heterocycles. The summed E-state index contributed by atoms with van der Waals surface area (Å²) in [7, 11) is -3.98. The van der Waals surface area contributed by atoms with Gasteiger partial charge >= 0.3 is 18.4 Å². The highest BCUT2D eigenvalue weighted by Crippen LogP contribution is 2.53. The Kier molecular flexibility index (Phi) is 8.81. The zero-order valence-corrected chi connectivity index (χ0v) is 28.5. The van der Waals surface area contributed by atoms with E-state index in [1.54, 1.807) is 26.8 Å². The maximum atomic E-state index is 14.5. The van der Waals surface area contributed by atoms with E-state index < -0.39 is 68.4 Å². The maximum Gasteiger partial charge on any atom is 0.430 e. The summed E-state index contributed by atoms with van der Waals surface area (Å²) in [4.78, 5) is 15.2. The molecule has 0 bridgehead atoms. The molecule has 6 rings (SSSR count). The minimum atomic E-state index is -6.02. The number of amides is 1. The number of carbonyl (C=O) groups is 1. The monoisotopic (exact) mass is 740 g/mol. The second kappa shape index (κ2) is 12.2. The van der Waals surface area contributed by atoms with Crippen LogP contribution in [0, 0.1) is 0 Å². The number of alkyl halides is 7. The SMILES string of the molecule is CC(C)(C)OC(=O)N1Cc2cc(S(=O)(=O)CC3(F)CC3)ccc2C1C1C(CNc2ccc(C(O)(C(F)(F)F)C(F)(F)F)cc2)=Cc2ccccc21. The number of hydrogen-bond acceptors (Lipinski definition) is 6. The summed E-state index contributed by atoms with van der Waals surface area (Å²) < 4.78 is 127. The van der Waals surface area contributed by atoms with Crippen molar-refractivity contribution >= 4 is 27.7 Å². The van der Waals surface area contributed by atoms with Crippen LogP contribution in [-0.4, -0.2) is 60.4 Å². The van der Waals surface area contributed by atoms with Gasteiger partial charge in [-0.25, -0.2) is 17.6 Å². The molecule has 0 saturated heterocycles. The third kappa shape index (κ3) is 6.94. The first kappa shape index (κ1) is 36.7. The molecule has 0 radical (unpaired) electrons. The number of fused-ring (bicyclic) bond motifs is 2. The van der Waals surface area contributed by atoms with Crippen molar-refractivity contribution in [2.75, 3.05) is 17.6 Å². The van der Waals surface area contributed by atoms with Crippen molar-refractivity contribution in [1.29, 1.82) is 0 Å². The Balaban J connectivity index is 1.34. The van der Waals surface area contributed by atoms with Gasteiger partial charge in [-0.15, -0.1) is 0 Å². The van der Waals surface area contributed by atoms with Crippen LogP contribution in [0.2, 0.25) is 0 Å². The fourth-order valence-corrected chi connectivity index (χ4v) is 8.42. The standard InChI is InChI=1S/C36H35F7N2O5S/c1-32(2,3)50-31(46)45-19-23-17-26(51(48,49)20-33(37)14-15-33)12-13-28(23)30(45)29-22(16-21-6-4-5-7-27(21)29)18-44-25-10-8-24(9-11-25)34(47,35(38,39)40)36(41,42)43/h4-13,16-17,29-30,44,47H,14-15,18-20H2,1-3H3. The number of anilines is 1. The van der Waals surface area contributed by atoms with Crippen LogP contribution in [0.5, 0.6) is 0 Å². The summed E-state index contributed by atoms with van der Waals surface area (Å²) in [6, 6.07) is 14.2. The molecule has 2 atom stereocenters. The van der Waals surface area contributed by atoms with E-state index in [0.717, 1.165) is 23.3 Å². The van der Waals surface area contributed by atoms with Gasteiger partial charge in [0, 0.05) is 23.7 Å². The van der Waals surface area contributed by atoms with E-state index in [-0.39, 0.29) is 36.5 Å². The second-order valence-electron chi connectivity index (χ2n) is 14.3. The quantitative estimate of drug-likeness (QED) is 0.226. The lowest BCUT2D eigenvalue weighted by Crippen LogP contribution is -2.53. The van der Waals surface area contributed by atoms with Crippen LogP contribution in [0.3, 0.4) is 0 Å². The van der Waals surface area contributed by atoms with Crippen molar-refractivity contribution < 1.29 is 53.8 Å². The van der Waals surface area contributed by atoms with Gasteiger partial charge in [0.2, 0.25) is 0 Å². The molecular weight excluding hydrogens is 705 g/mol. The van der Waals surface area contributed by atoms with Crippen molar-refractivity contribution in [3.8, 4) is 0 Å². The molecule has 1 aliphatic heterocycles. The number of benzene rings is 3. The van der Waals surface area contributed by atoms with Crippen molar-refractivity contribution in [1.82, 2.24) is 4.90 Å². The number of aliphatic hydroxyl groups is 1. The number of nitrogens with one attached hydrogen (secondary N) is 1. The predicted molar refractivity (Wildman–Crippen MR) is 174 cm³/mol. The lowest BCUT2D eigenvalue weighted by molar-refractivity contribution is -0.376. The van der Waals surface area contributed by atoms with Crippen LogP contribution in [0.1, 0.15) is 73.4 Å². The molecule has 0 spiro atoms. The number of nitrogens with zero attached hydrogens (tertiary/aromatic N) is 1. The average Bonchev–Trinajstić information content (AvgIpc) is 3.45. The van der Waals surface area contributed by atoms with Crippen LogP contribution >= 0.6 is 0 Å². The Bertz CT molecular complexity index is 1970. The highest BCUT2D eigenvalue weighted by Gasteiger charge is 2.71. The Hall–Kier alpha value is -4.11. The summed E-state index contributed by atoms with van der Waals surface area (Å²) in [6.45, 7) is 5.14. The molecule has 3 aliphatic rings. The van der Waals surface area contributed by atoms with Crippen LogP contribution < -0.4 is 5.32 Å². The molecule has 3 aromatic carbocycles. The summed E-state index contributed by atoms with van der Waals surface area (Å²) in [5.74, 6) is -1.18. The van der Waals surface area contributed by atoms with Gasteiger partial charge in [0.05, 0.1) is 23.2 Å². The zero-order chi connectivity index (χ0) is 37.4. The number of halogens is 7. The van der Waals surface area contributed by atoms with Gasteiger partial charge in [0.25, 0.3) is 5.60 Å². The van der Waals surface area contributed by atoms with E-state index in [9.17, 15) is 49.1 Å². The molecule has 51 heavy (non-hydrogen) atoms. The van der Waals surface area contributed by atoms with Crippen LogP contribution in [0.25, 0.3) is 6.08 Å². The molecule has 274 valence electrons. The minimum absolute atomic E-state index is 0.0127. The van der Waals surface area contributed by atoms with Gasteiger partial charge in [-0.3, -0.25) is 4.90 Å². The highest BCUT2D eigenvalue weighted by molar-refractivity contribution is 7.91. The van der Waals surface area contributed by atoms with Crippen LogP contribution in [0.4, 0.5) is 41.2 Å². The molecule has 0 aromatic heterocycles. The molecule has 2 unspecified atom stereocenters. The lowest BCUT2D eigenvalue weighted by Gasteiger charge is -2.34. The molecule has 7 nitrogen and oxygen atoms in total. The van der Waals surface area contributed by atoms with Gasteiger partial charge in [0.1, 0.15) is 11.3 Å². The van der Waals surface area contributed by atoms with Crippen LogP contribution in [-0.2, 0) is 26.7 Å². The van der Waals surface area contributed by atoms with Gasteiger partial charge in [0.15, 0.2) is 9.84 Å². The zero-order valence-electron chi connectivity index (χ0n) is 27.7. The van der Waals surface area contributed by atoms with Crippen molar-refractivity contribution in [3.05, 3.63) is 100 Å². The number of hydrogen-bond donors (Lipinski definition) is 2. The molecular formula is C36H35F7N2O5S. The first-order valence-corrected chi connectivity index (χ1v) is 17.7. The Labute approximate surface area is 290 Å². The minimum Gasteiger partial charge on any atom is -0.444 e. The highest BCUT2D eigenvalue weighted by atomic mass is 32.2. The summed E-state index contributed by atoms with van der Waals surface area (Å²) in [5.41, 5.74) is -5.42. The first-order chi connectivity index (χ1) is 23.5. The predicted octanol–water partition coefficient (Wildman–Crippen LogP) is 8.36. The normalized spacial score (nSPS) is 20.1. The largest absolute Gasteiger partial charge is 0.444 e.